The lowest BCUT2D eigenvalue weighted by atomic mass is 10.00. The van der Waals surface area contributed by atoms with Gasteiger partial charge < -0.3 is 25.7 Å². The number of amides is 1. The summed E-state index contributed by atoms with van der Waals surface area (Å²) in [5, 5.41) is 43.7. The van der Waals surface area contributed by atoms with Gasteiger partial charge in [-0.15, -0.1) is 0 Å². The first kappa shape index (κ1) is 62.5. The molecule has 4 unspecified atom stereocenters. The Labute approximate surface area is 398 Å². The molecule has 0 saturated heterocycles. The Balaban J connectivity index is 3.55. The van der Waals surface area contributed by atoms with Crippen LogP contribution in [0.5, 0.6) is 0 Å². The maximum Gasteiger partial charge on any atom is 0.249 e. The predicted molar refractivity (Wildman–Crippen MR) is 279 cm³/mol. The topological polar surface area (TPSA) is 110 Å². The Morgan fingerprint density at radius 1 is 0.391 bits per heavy atom. The minimum absolute atomic E-state index is 0.364. The molecule has 0 aliphatic carbocycles. The molecule has 0 spiro atoms. The van der Waals surface area contributed by atoms with Crippen molar-refractivity contribution in [2.24, 2.45) is 0 Å². The molecule has 0 aromatic rings. The quantitative estimate of drug-likeness (QED) is 0.0309. The van der Waals surface area contributed by atoms with Gasteiger partial charge in [-0.1, -0.05) is 262 Å². The highest BCUT2D eigenvalue weighted by molar-refractivity contribution is 5.80. The van der Waals surface area contributed by atoms with E-state index in [1.54, 1.807) is 0 Å². The number of unbranched alkanes of at least 4 members (excludes halogenated alkanes) is 37. The molecule has 5 N–H and O–H groups in total. The van der Waals surface area contributed by atoms with Gasteiger partial charge in [-0.3, -0.25) is 4.79 Å². The fourth-order valence-corrected chi connectivity index (χ4v) is 8.85. The molecule has 0 aromatic heterocycles. The minimum Gasteiger partial charge on any atom is -0.394 e. The van der Waals surface area contributed by atoms with Crippen molar-refractivity contribution in [3.63, 3.8) is 0 Å². The summed E-state index contributed by atoms with van der Waals surface area (Å²) in [5.74, 6) is -0.592. The zero-order valence-corrected chi connectivity index (χ0v) is 42.8. The van der Waals surface area contributed by atoms with E-state index in [9.17, 15) is 25.2 Å². The Morgan fingerprint density at radius 2 is 0.688 bits per heavy atom. The Hall–Kier alpha value is -1.47. The van der Waals surface area contributed by atoms with Crippen LogP contribution in [0.3, 0.4) is 0 Å². The summed E-state index contributed by atoms with van der Waals surface area (Å²) in [7, 11) is 0. The van der Waals surface area contributed by atoms with E-state index >= 15 is 0 Å². The van der Waals surface area contributed by atoms with Crippen LogP contribution in [0.2, 0.25) is 0 Å². The Kier molecular flexibility index (Phi) is 51.3. The molecule has 0 fully saturated rings. The number of hydrogen-bond acceptors (Lipinski definition) is 5. The third-order valence-electron chi connectivity index (χ3n) is 13.3. The molecule has 0 heterocycles. The van der Waals surface area contributed by atoms with E-state index in [0.717, 1.165) is 44.9 Å². The SMILES string of the molecule is CCCCCCCCC/C=C/CCCC(O)C(O)C(CO)NC(=O)C(O)CCCCCCCCCCCCCCCCCC/C=C\C/C=C\CCCCCCCCCCCCCCC. The predicted octanol–water partition coefficient (Wildman–Crippen LogP) is 16.4. The summed E-state index contributed by atoms with van der Waals surface area (Å²) in [6.07, 6.45) is 65.3. The molecular formula is C58H111NO5. The van der Waals surface area contributed by atoms with Crippen LogP contribution in [0.25, 0.3) is 0 Å². The Morgan fingerprint density at radius 3 is 1.03 bits per heavy atom. The van der Waals surface area contributed by atoms with Gasteiger partial charge in [-0.25, -0.2) is 0 Å². The first-order valence-electron chi connectivity index (χ1n) is 28.4. The zero-order valence-electron chi connectivity index (χ0n) is 42.8. The molecule has 0 radical (unpaired) electrons. The number of aliphatic hydroxyl groups is 4. The molecule has 0 rings (SSSR count). The molecule has 64 heavy (non-hydrogen) atoms. The van der Waals surface area contributed by atoms with Crippen LogP contribution in [-0.4, -0.2) is 57.3 Å². The second-order valence-electron chi connectivity index (χ2n) is 19.6. The van der Waals surface area contributed by atoms with Crippen LogP contribution in [0, 0.1) is 0 Å². The van der Waals surface area contributed by atoms with E-state index in [1.807, 2.05) is 0 Å². The van der Waals surface area contributed by atoms with Gasteiger partial charge in [0, 0.05) is 0 Å². The second-order valence-corrected chi connectivity index (χ2v) is 19.6. The van der Waals surface area contributed by atoms with Gasteiger partial charge in [0.1, 0.15) is 12.2 Å². The highest BCUT2D eigenvalue weighted by atomic mass is 16.3. The monoisotopic (exact) mass is 902 g/mol. The van der Waals surface area contributed by atoms with Gasteiger partial charge >= 0.3 is 0 Å². The van der Waals surface area contributed by atoms with E-state index in [4.69, 9.17) is 0 Å². The minimum atomic E-state index is -1.28. The number of aliphatic hydroxyl groups excluding tert-OH is 4. The van der Waals surface area contributed by atoms with Crippen LogP contribution < -0.4 is 5.32 Å². The normalized spacial score (nSPS) is 14.0. The van der Waals surface area contributed by atoms with E-state index < -0.39 is 36.9 Å². The number of carbonyl (C=O) groups excluding carboxylic acids is 1. The summed E-state index contributed by atoms with van der Waals surface area (Å²) >= 11 is 0. The van der Waals surface area contributed by atoms with Crippen molar-refractivity contribution in [1.29, 1.82) is 0 Å². The number of nitrogens with one attached hydrogen (secondary N) is 1. The molecule has 6 heteroatoms. The number of hydrogen-bond donors (Lipinski definition) is 5. The van der Waals surface area contributed by atoms with Crippen molar-refractivity contribution in [3.05, 3.63) is 36.5 Å². The maximum atomic E-state index is 12.6. The molecule has 0 aliphatic heterocycles. The average molecular weight is 903 g/mol. The standard InChI is InChI=1S/C58H111NO5/c1-3-5-7-9-11-13-15-17-18-19-20-21-22-23-24-25-26-27-28-29-30-31-32-33-34-35-36-37-38-39-40-42-44-46-48-50-52-56(62)58(64)59-54(53-60)57(63)55(61)51-49-47-45-43-41-16-14-12-10-8-6-4-2/h24-25,27-28,43,45,54-57,60-63H,3-23,26,29-42,44,46-53H2,1-2H3,(H,59,64)/b25-24-,28-27-,45-43+. The van der Waals surface area contributed by atoms with Crippen LogP contribution in [0.1, 0.15) is 296 Å². The van der Waals surface area contributed by atoms with Crippen LogP contribution in [-0.2, 0) is 4.79 Å². The molecule has 378 valence electrons. The molecule has 0 saturated carbocycles. The van der Waals surface area contributed by atoms with E-state index in [0.29, 0.717) is 12.8 Å². The van der Waals surface area contributed by atoms with Gasteiger partial charge in [0.25, 0.3) is 0 Å². The lowest BCUT2D eigenvalue weighted by Crippen LogP contribution is -2.53. The third-order valence-corrected chi connectivity index (χ3v) is 13.3. The number of carbonyl (C=O) groups is 1. The van der Waals surface area contributed by atoms with Crippen molar-refractivity contribution in [1.82, 2.24) is 5.32 Å². The van der Waals surface area contributed by atoms with E-state index in [2.05, 4.69) is 55.6 Å². The maximum absolute atomic E-state index is 12.6. The first-order valence-corrected chi connectivity index (χ1v) is 28.4. The average Bonchev–Trinajstić information content (AvgIpc) is 3.30. The van der Waals surface area contributed by atoms with Crippen molar-refractivity contribution in [2.75, 3.05) is 6.61 Å². The molecule has 0 aromatic carbocycles. The lowest BCUT2D eigenvalue weighted by molar-refractivity contribution is -0.132. The highest BCUT2D eigenvalue weighted by Crippen LogP contribution is 2.17. The summed E-state index contributed by atoms with van der Waals surface area (Å²) < 4.78 is 0. The molecule has 0 bridgehead atoms. The summed E-state index contributed by atoms with van der Waals surface area (Å²) in [6.45, 7) is 4.04. The fourth-order valence-electron chi connectivity index (χ4n) is 8.85. The van der Waals surface area contributed by atoms with Gasteiger partial charge in [0.2, 0.25) is 5.91 Å². The van der Waals surface area contributed by atoms with Gasteiger partial charge in [-0.2, -0.15) is 0 Å². The zero-order chi connectivity index (χ0) is 46.7. The van der Waals surface area contributed by atoms with E-state index in [-0.39, 0.29) is 0 Å². The summed E-state index contributed by atoms with van der Waals surface area (Å²) in [5.41, 5.74) is 0. The third kappa shape index (κ3) is 45.7. The molecule has 6 nitrogen and oxygen atoms in total. The van der Waals surface area contributed by atoms with Crippen LogP contribution >= 0.6 is 0 Å². The molecule has 0 aliphatic rings. The molecular weight excluding hydrogens is 791 g/mol. The van der Waals surface area contributed by atoms with Gasteiger partial charge in [0.15, 0.2) is 0 Å². The molecule has 1 amide bonds. The van der Waals surface area contributed by atoms with Crippen LogP contribution in [0.4, 0.5) is 0 Å². The van der Waals surface area contributed by atoms with Gasteiger partial charge in [-0.05, 0) is 70.6 Å². The lowest BCUT2D eigenvalue weighted by Gasteiger charge is -2.27. The first-order chi connectivity index (χ1) is 31.5. The van der Waals surface area contributed by atoms with Crippen molar-refractivity contribution in [3.8, 4) is 0 Å². The highest BCUT2D eigenvalue weighted by Gasteiger charge is 2.28. The molecule has 4 atom stereocenters. The van der Waals surface area contributed by atoms with Crippen molar-refractivity contribution < 1.29 is 25.2 Å². The summed E-state index contributed by atoms with van der Waals surface area (Å²) in [4.78, 5) is 12.6. The summed E-state index contributed by atoms with van der Waals surface area (Å²) in [6, 6.07) is -1.00. The number of allylic oxidation sites excluding steroid dienone is 6. The fraction of sp³-hybridized carbons (Fsp3) is 0.879. The van der Waals surface area contributed by atoms with Crippen molar-refractivity contribution in [2.45, 2.75) is 321 Å². The second kappa shape index (κ2) is 52.5. The van der Waals surface area contributed by atoms with Crippen molar-refractivity contribution >= 4 is 5.91 Å². The number of rotatable bonds is 52. The largest absolute Gasteiger partial charge is 0.394 e. The Bertz CT molecular complexity index is 1010. The van der Waals surface area contributed by atoms with Crippen LogP contribution in [0.15, 0.2) is 36.5 Å². The van der Waals surface area contributed by atoms with Gasteiger partial charge in [0.05, 0.1) is 18.8 Å². The smallest absolute Gasteiger partial charge is 0.249 e. The van der Waals surface area contributed by atoms with E-state index in [1.165, 1.54) is 225 Å².